The molecule has 4 aromatic rings. The number of alkyl halides is 2. The molecule has 3 N–H and O–H groups in total. The third-order valence-electron chi connectivity index (χ3n) is 6.82. The van der Waals surface area contributed by atoms with Crippen molar-refractivity contribution in [1.29, 1.82) is 0 Å². The molecule has 2 aromatic carbocycles. The predicted octanol–water partition coefficient (Wildman–Crippen LogP) is 4.43. The predicted molar refractivity (Wildman–Crippen MR) is 124 cm³/mol. The molecule has 3 aliphatic rings. The molecule has 0 unspecified atom stereocenters. The van der Waals surface area contributed by atoms with E-state index >= 15 is 8.78 Å². The Morgan fingerprint density at radius 1 is 1.06 bits per heavy atom. The van der Waals surface area contributed by atoms with E-state index in [4.69, 9.17) is 15.5 Å². The number of hydrogen-bond donors (Lipinski definition) is 2. The van der Waals surface area contributed by atoms with Gasteiger partial charge in [-0.2, -0.15) is 8.78 Å². The lowest BCUT2D eigenvalue weighted by molar-refractivity contribution is -0.103. The number of rotatable bonds is 5. The van der Waals surface area contributed by atoms with E-state index in [0.29, 0.717) is 47.9 Å². The Hall–Kier alpha value is -3.62. The highest BCUT2D eigenvalue weighted by atomic mass is 19.3. The van der Waals surface area contributed by atoms with Gasteiger partial charge in [0.25, 0.3) is 5.92 Å². The molecule has 6 nitrogen and oxygen atoms in total. The van der Waals surface area contributed by atoms with E-state index in [1.165, 1.54) is 29.8 Å². The van der Waals surface area contributed by atoms with Crippen molar-refractivity contribution in [3.05, 3.63) is 89.5 Å². The first-order valence-corrected chi connectivity index (χ1v) is 11.0. The van der Waals surface area contributed by atoms with Crippen molar-refractivity contribution >= 4 is 16.9 Å². The highest BCUT2D eigenvalue weighted by Gasteiger charge is 2.47. The van der Waals surface area contributed by atoms with Crippen LogP contribution in [0.5, 0.6) is 0 Å². The SMILES string of the molecule is Nc1nccn2c(C3=C4CC(CO)(C4)OC3)nc(-c3ccc(C(F)(F)c4ccccc4)cc3)c12. The van der Waals surface area contributed by atoms with Crippen molar-refractivity contribution in [2.75, 3.05) is 18.9 Å². The quantitative estimate of drug-likeness (QED) is 0.460. The highest BCUT2D eigenvalue weighted by molar-refractivity contribution is 5.88. The average Bonchev–Trinajstić information content (AvgIpc) is 3.25. The van der Waals surface area contributed by atoms with Crippen LogP contribution < -0.4 is 5.73 Å². The van der Waals surface area contributed by atoms with E-state index in [1.807, 2.05) is 4.40 Å². The van der Waals surface area contributed by atoms with Gasteiger partial charge in [0, 0.05) is 47.5 Å². The number of aliphatic hydroxyl groups excluding tert-OH is 1. The van der Waals surface area contributed by atoms with Crippen molar-refractivity contribution in [3.8, 4) is 11.3 Å². The Morgan fingerprint density at radius 2 is 1.76 bits per heavy atom. The molecule has 8 heteroatoms. The van der Waals surface area contributed by atoms with E-state index in [1.54, 1.807) is 42.7 Å². The fraction of sp³-hybridized carbons (Fsp3) is 0.231. The number of nitrogens with zero attached hydrogens (tertiary/aromatic N) is 3. The van der Waals surface area contributed by atoms with Gasteiger partial charge in [-0.05, 0) is 0 Å². The van der Waals surface area contributed by atoms with Gasteiger partial charge in [-0.1, -0.05) is 60.2 Å². The van der Waals surface area contributed by atoms with Gasteiger partial charge in [0.2, 0.25) is 0 Å². The molecule has 1 fully saturated rings. The summed E-state index contributed by atoms with van der Waals surface area (Å²) < 4.78 is 37.8. The monoisotopic (exact) mass is 460 g/mol. The Balaban J connectivity index is 1.43. The van der Waals surface area contributed by atoms with Crippen molar-refractivity contribution < 1.29 is 18.6 Å². The number of imidazole rings is 1. The number of aromatic nitrogens is 3. The minimum Gasteiger partial charge on any atom is -0.393 e. The lowest BCUT2D eigenvalue weighted by atomic mass is 9.71. The second-order valence-corrected chi connectivity index (χ2v) is 8.90. The number of nitrogen functional groups attached to an aromatic ring is 1. The van der Waals surface area contributed by atoms with E-state index in [-0.39, 0.29) is 17.7 Å². The topological polar surface area (TPSA) is 85.7 Å². The third-order valence-corrected chi connectivity index (χ3v) is 6.82. The molecule has 0 spiro atoms. The number of aliphatic hydroxyl groups is 1. The van der Waals surface area contributed by atoms with Crippen molar-refractivity contribution in [2.45, 2.75) is 24.4 Å². The van der Waals surface area contributed by atoms with Crippen LogP contribution in [0.15, 0.2) is 72.6 Å². The Bertz CT molecular complexity index is 1420. The van der Waals surface area contributed by atoms with Gasteiger partial charge in [0.1, 0.15) is 22.9 Å². The van der Waals surface area contributed by atoms with Gasteiger partial charge in [-0.3, -0.25) is 4.40 Å². The second-order valence-electron chi connectivity index (χ2n) is 8.90. The molecule has 2 aliphatic heterocycles. The molecule has 2 bridgehead atoms. The zero-order valence-electron chi connectivity index (χ0n) is 18.2. The molecule has 2 aromatic heterocycles. The summed E-state index contributed by atoms with van der Waals surface area (Å²) in [7, 11) is 0. The zero-order chi connectivity index (χ0) is 23.5. The van der Waals surface area contributed by atoms with Crippen LogP contribution in [0.25, 0.3) is 22.3 Å². The van der Waals surface area contributed by atoms with Crippen molar-refractivity contribution in [2.24, 2.45) is 0 Å². The lowest BCUT2D eigenvalue weighted by Crippen LogP contribution is -2.49. The summed E-state index contributed by atoms with van der Waals surface area (Å²) in [4.78, 5) is 9.09. The van der Waals surface area contributed by atoms with Crippen LogP contribution in [0.4, 0.5) is 14.6 Å². The maximum absolute atomic E-state index is 15.0. The molecule has 0 saturated heterocycles. The third kappa shape index (κ3) is 3.06. The van der Waals surface area contributed by atoms with Crippen molar-refractivity contribution in [3.63, 3.8) is 0 Å². The van der Waals surface area contributed by atoms with Crippen LogP contribution in [0.1, 0.15) is 29.8 Å². The molecule has 7 rings (SSSR count). The first-order chi connectivity index (χ1) is 16.4. The highest BCUT2D eigenvalue weighted by Crippen LogP contribution is 2.49. The molecule has 0 radical (unpaired) electrons. The Labute approximate surface area is 194 Å². The number of fused-ring (bicyclic) bond motifs is 3. The van der Waals surface area contributed by atoms with Gasteiger partial charge in [0.15, 0.2) is 0 Å². The standard InChI is InChI=1S/C26H22F2N4O2/c27-26(28,18-4-2-1-3-5-18)19-8-6-16(7-9-19)21-22-23(29)30-10-11-32(22)24(31-21)20-14-34-25(15-33)12-17(20)13-25/h1-11,33H,12-15H2,(H2,29,30). The maximum Gasteiger partial charge on any atom is 0.298 e. The van der Waals surface area contributed by atoms with Gasteiger partial charge >= 0.3 is 0 Å². The van der Waals surface area contributed by atoms with Gasteiger partial charge in [-0.25, -0.2) is 9.97 Å². The number of hydrogen-bond acceptors (Lipinski definition) is 5. The molecule has 1 aliphatic carbocycles. The average molecular weight is 460 g/mol. The van der Waals surface area contributed by atoms with Crippen LogP contribution in [0, 0.1) is 0 Å². The van der Waals surface area contributed by atoms with Crippen LogP contribution in [0.2, 0.25) is 0 Å². The Morgan fingerprint density at radius 3 is 2.41 bits per heavy atom. The number of benzene rings is 2. The van der Waals surface area contributed by atoms with Gasteiger partial charge < -0.3 is 15.6 Å². The van der Waals surface area contributed by atoms with E-state index in [2.05, 4.69) is 4.98 Å². The summed E-state index contributed by atoms with van der Waals surface area (Å²) in [6.07, 6.45) is 4.74. The summed E-state index contributed by atoms with van der Waals surface area (Å²) in [6.45, 7) is 0.340. The first kappa shape index (κ1) is 20.9. The van der Waals surface area contributed by atoms with E-state index in [9.17, 15) is 5.11 Å². The molecule has 4 heterocycles. The largest absolute Gasteiger partial charge is 0.393 e. The van der Waals surface area contributed by atoms with Gasteiger partial charge in [-0.15, -0.1) is 0 Å². The molecule has 172 valence electrons. The van der Waals surface area contributed by atoms with E-state index < -0.39 is 11.5 Å². The molecule has 1 saturated carbocycles. The molecular weight excluding hydrogens is 438 g/mol. The normalized spacial score (nSPS) is 17.1. The van der Waals surface area contributed by atoms with Crippen LogP contribution in [-0.2, 0) is 10.7 Å². The van der Waals surface area contributed by atoms with Gasteiger partial charge in [0.05, 0.1) is 18.8 Å². The summed E-state index contributed by atoms with van der Waals surface area (Å²) in [5, 5.41) is 9.61. The van der Waals surface area contributed by atoms with Crippen LogP contribution in [0.3, 0.4) is 0 Å². The fourth-order valence-corrected chi connectivity index (χ4v) is 4.88. The lowest BCUT2D eigenvalue weighted by Gasteiger charge is -2.47. The summed E-state index contributed by atoms with van der Waals surface area (Å²) in [5.41, 5.74) is 9.63. The number of nitrogens with two attached hydrogens (primary N) is 1. The molecule has 0 atom stereocenters. The number of halogens is 2. The zero-order valence-corrected chi connectivity index (χ0v) is 18.2. The Kier molecular flexibility index (Phi) is 4.59. The summed E-state index contributed by atoms with van der Waals surface area (Å²) in [5.74, 6) is -2.12. The maximum atomic E-state index is 15.0. The summed E-state index contributed by atoms with van der Waals surface area (Å²) >= 11 is 0. The molecule has 0 amide bonds. The smallest absolute Gasteiger partial charge is 0.298 e. The second kappa shape index (κ2) is 7.44. The molecule has 34 heavy (non-hydrogen) atoms. The minimum atomic E-state index is -3.11. The number of ether oxygens (including phenoxy) is 1. The summed E-state index contributed by atoms with van der Waals surface area (Å²) in [6, 6.07) is 13.9. The van der Waals surface area contributed by atoms with Crippen LogP contribution in [-0.4, -0.2) is 38.3 Å². The van der Waals surface area contributed by atoms with Crippen molar-refractivity contribution in [1.82, 2.24) is 14.4 Å². The van der Waals surface area contributed by atoms with E-state index in [0.717, 1.165) is 5.57 Å². The fourth-order valence-electron chi connectivity index (χ4n) is 4.88. The minimum absolute atomic E-state index is 0.00576. The number of anilines is 1. The first-order valence-electron chi connectivity index (χ1n) is 11.0. The van der Waals surface area contributed by atoms with Crippen LogP contribution >= 0.6 is 0 Å². The molecular formula is C26H22F2N4O2.